The standard InChI is InChI=1S/C16H33N3O/c1-3-19(9-8-18-10-12-20-13-11-18)16(14-17)6-4-15(2)5-7-16/h15H,3-14,17H2,1-2H3. The molecule has 1 saturated carbocycles. The quantitative estimate of drug-likeness (QED) is 0.803. The Morgan fingerprint density at radius 2 is 1.90 bits per heavy atom. The third-order valence-electron chi connectivity index (χ3n) is 5.43. The molecule has 1 saturated heterocycles. The number of morpholine rings is 1. The van der Waals surface area contributed by atoms with Crippen LogP contribution in [0.15, 0.2) is 0 Å². The molecule has 2 fully saturated rings. The van der Waals surface area contributed by atoms with Gasteiger partial charge in [0.15, 0.2) is 0 Å². The van der Waals surface area contributed by atoms with Gasteiger partial charge in [-0.1, -0.05) is 13.8 Å². The number of nitrogens with two attached hydrogens (primary N) is 1. The molecule has 0 spiro atoms. The molecular weight excluding hydrogens is 250 g/mol. The van der Waals surface area contributed by atoms with Gasteiger partial charge in [-0.05, 0) is 38.1 Å². The van der Waals surface area contributed by atoms with Crippen LogP contribution < -0.4 is 5.73 Å². The first-order valence-electron chi connectivity index (χ1n) is 8.45. The SMILES string of the molecule is CCN(CCN1CCOCC1)C1(CN)CCC(C)CC1. The molecule has 0 amide bonds. The predicted molar refractivity (Wildman–Crippen MR) is 83.9 cm³/mol. The second-order valence-corrected chi connectivity index (χ2v) is 6.64. The van der Waals surface area contributed by atoms with Crippen molar-refractivity contribution >= 4 is 0 Å². The summed E-state index contributed by atoms with van der Waals surface area (Å²) in [5.41, 5.74) is 6.46. The van der Waals surface area contributed by atoms with Crippen LogP contribution in [0.2, 0.25) is 0 Å². The van der Waals surface area contributed by atoms with Crippen LogP contribution in [0, 0.1) is 5.92 Å². The smallest absolute Gasteiger partial charge is 0.0594 e. The zero-order valence-electron chi connectivity index (χ0n) is 13.4. The van der Waals surface area contributed by atoms with Crippen molar-refractivity contribution < 1.29 is 4.74 Å². The molecule has 1 aliphatic carbocycles. The fourth-order valence-corrected chi connectivity index (χ4v) is 3.77. The summed E-state index contributed by atoms with van der Waals surface area (Å²) in [6.07, 6.45) is 5.24. The number of ether oxygens (including phenoxy) is 1. The first kappa shape index (κ1) is 16.2. The Labute approximate surface area is 124 Å². The first-order valence-corrected chi connectivity index (χ1v) is 8.45. The Hall–Kier alpha value is -0.160. The first-order chi connectivity index (χ1) is 9.70. The number of hydrogen-bond donors (Lipinski definition) is 1. The fourth-order valence-electron chi connectivity index (χ4n) is 3.77. The van der Waals surface area contributed by atoms with Crippen LogP contribution in [-0.2, 0) is 4.74 Å². The number of likely N-dealkylation sites (N-methyl/N-ethyl adjacent to an activating group) is 1. The molecule has 118 valence electrons. The molecule has 4 heteroatoms. The molecule has 2 rings (SSSR count). The molecule has 0 unspecified atom stereocenters. The van der Waals surface area contributed by atoms with Gasteiger partial charge in [0.2, 0.25) is 0 Å². The number of nitrogens with zero attached hydrogens (tertiary/aromatic N) is 2. The number of hydrogen-bond acceptors (Lipinski definition) is 4. The Balaban J connectivity index is 1.87. The van der Waals surface area contributed by atoms with Gasteiger partial charge in [-0.3, -0.25) is 9.80 Å². The van der Waals surface area contributed by atoms with Gasteiger partial charge in [0.1, 0.15) is 0 Å². The third-order valence-corrected chi connectivity index (χ3v) is 5.43. The summed E-state index contributed by atoms with van der Waals surface area (Å²) in [5, 5.41) is 0. The lowest BCUT2D eigenvalue weighted by Gasteiger charge is -2.47. The normalized spacial score (nSPS) is 32.7. The molecule has 2 N–H and O–H groups in total. The second kappa shape index (κ2) is 7.74. The van der Waals surface area contributed by atoms with E-state index in [1.54, 1.807) is 0 Å². The van der Waals surface area contributed by atoms with Crippen molar-refractivity contribution in [2.45, 2.75) is 45.1 Å². The van der Waals surface area contributed by atoms with E-state index in [2.05, 4.69) is 23.6 Å². The Morgan fingerprint density at radius 1 is 1.25 bits per heavy atom. The van der Waals surface area contributed by atoms with Crippen LogP contribution in [0.3, 0.4) is 0 Å². The lowest BCUT2D eigenvalue weighted by Crippen LogP contribution is -2.57. The highest BCUT2D eigenvalue weighted by Gasteiger charge is 2.37. The molecule has 1 aliphatic heterocycles. The summed E-state index contributed by atoms with van der Waals surface area (Å²) in [4.78, 5) is 5.19. The summed E-state index contributed by atoms with van der Waals surface area (Å²) in [6, 6.07) is 0. The Bertz CT molecular complexity index is 271. The predicted octanol–water partition coefficient (Wildman–Crippen LogP) is 1.55. The molecule has 1 heterocycles. The molecule has 0 aromatic rings. The topological polar surface area (TPSA) is 41.7 Å². The zero-order valence-corrected chi connectivity index (χ0v) is 13.4. The molecule has 0 bridgehead atoms. The van der Waals surface area contributed by atoms with Crippen molar-refractivity contribution in [1.29, 1.82) is 0 Å². The molecule has 2 aliphatic rings. The van der Waals surface area contributed by atoms with Gasteiger partial charge in [0.05, 0.1) is 13.2 Å². The van der Waals surface area contributed by atoms with E-state index >= 15 is 0 Å². The minimum Gasteiger partial charge on any atom is -0.379 e. The van der Waals surface area contributed by atoms with Crippen molar-refractivity contribution in [3.05, 3.63) is 0 Å². The summed E-state index contributed by atoms with van der Waals surface area (Å²) in [5.74, 6) is 0.882. The molecule has 0 radical (unpaired) electrons. The maximum atomic E-state index is 6.19. The van der Waals surface area contributed by atoms with Crippen molar-refractivity contribution in [3.63, 3.8) is 0 Å². The van der Waals surface area contributed by atoms with Crippen molar-refractivity contribution in [3.8, 4) is 0 Å². The summed E-state index contributed by atoms with van der Waals surface area (Å²) >= 11 is 0. The van der Waals surface area contributed by atoms with Crippen LogP contribution in [0.4, 0.5) is 0 Å². The van der Waals surface area contributed by atoms with E-state index in [9.17, 15) is 0 Å². The van der Waals surface area contributed by atoms with Crippen LogP contribution in [-0.4, -0.2) is 67.8 Å². The summed E-state index contributed by atoms with van der Waals surface area (Å²) in [6.45, 7) is 12.9. The second-order valence-electron chi connectivity index (χ2n) is 6.64. The highest BCUT2D eigenvalue weighted by molar-refractivity contribution is 4.95. The lowest BCUT2D eigenvalue weighted by molar-refractivity contribution is 0.0114. The van der Waals surface area contributed by atoms with Crippen LogP contribution >= 0.6 is 0 Å². The highest BCUT2D eigenvalue weighted by atomic mass is 16.5. The van der Waals surface area contributed by atoms with E-state index in [1.807, 2.05) is 0 Å². The zero-order chi connectivity index (χ0) is 14.4. The van der Waals surface area contributed by atoms with E-state index < -0.39 is 0 Å². The molecule has 0 aromatic heterocycles. The van der Waals surface area contributed by atoms with Gasteiger partial charge >= 0.3 is 0 Å². The van der Waals surface area contributed by atoms with Crippen molar-refractivity contribution in [2.24, 2.45) is 11.7 Å². The minimum absolute atomic E-state index is 0.271. The van der Waals surface area contributed by atoms with E-state index in [4.69, 9.17) is 10.5 Å². The monoisotopic (exact) mass is 283 g/mol. The Kier molecular flexibility index (Phi) is 6.27. The van der Waals surface area contributed by atoms with Gasteiger partial charge in [-0.2, -0.15) is 0 Å². The van der Waals surface area contributed by atoms with E-state index in [1.165, 1.54) is 25.7 Å². The summed E-state index contributed by atoms with van der Waals surface area (Å²) in [7, 11) is 0. The molecule has 20 heavy (non-hydrogen) atoms. The largest absolute Gasteiger partial charge is 0.379 e. The van der Waals surface area contributed by atoms with E-state index in [0.717, 1.165) is 58.4 Å². The average Bonchev–Trinajstić information content (AvgIpc) is 2.51. The highest BCUT2D eigenvalue weighted by Crippen LogP contribution is 2.35. The van der Waals surface area contributed by atoms with Crippen LogP contribution in [0.5, 0.6) is 0 Å². The van der Waals surface area contributed by atoms with Gasteiger partial charge < -0.3 is 10.5 Å². The maximum Gasteiger partial charge on any atom is 0.0594 e. The van der Waals surface area contributed by atoms with Gasteiger partial charge in [-0.15, -0.1) is 0 Å². The Morgan fingerprint density at radius 3 is 2.45 bits per heavy atom. The van der Waals surface area contributed by atoms with Crippen molar-refractivity contribution in [1.82, 2.24) is 9.80 Å². The maximum absolute atomic E-state index is 6.19. The molecular formula is C16H33N3O. The van der Waals surface area contributed by atoms with Crippen LogP contribution in [0.25, 0.3) is 0 Å². The van der Waals surface area contributed by atoms with Crippen molar-refractivity contribution in [2.75, 3.05) is 52.5 Å². The van der Waals surface area contributed by atoms with Gasteiger partial charge in [0.25, 0.3) is 0 Å². The third kappa shape index (κ3) is 3.94. The van der Waals surface area contributed by atoms with Gasteiger partial charge in [-0.25, -0.2) is 0 Å². The van der Waals surface area contributed by atoms with E-state index in [-0.39, 0.29) is 5.54 Å². The number of rotatable bonds is 6. The fraction of sp³-hybridized carbons (Fsp3) is 1.00. The molecule has 0 atom stereocenters. The summed E-state index contributed by atoms with van der Waals surface area (Å²) < 4.78 is 5.43. The minimum atomic E-state index is 0.271. The van der Waals surface area contributed by atoms with E-state index in [0.29, 0.717) is 0 Å². The molecule has 4 nitrogen and oxygen atoms in total. The van der Waals surface area contributed by atoms with Crippen LogP contribution in [0.1, 0.15) is 39.5 Å². The molecule has 0 aromatic carbocycles. The average molecular weight is 283 g/mol. The van der Waals surface area contributed by atoms with Gasteiger partial charge in [0, 0.05) is 38.3 Å². The lowest BCUT2D eigenvalue weighted by atomic mass is 9.76.